The molecule has 0 aromatic rings. The number of nitrogens with two attached hydrogens (primary N) is 1. The molecule has 0 rings (SSSR count). The van der Waals surface area contributed by atoms with E-state index in [0.717, 1.165) is 32.5 Å². The molecule has 0 radical (unpaired) electrons. The molecule has 16 heavy (non-hydrogen) atoms. The molecule has 0 spiro atoms. The van der Waals surface area contributed by atoms with Crippen molar-refractivity contribution in [3.63, 3.8) is 0 Å². The van der Waals surface area contributed by atoms with Crippen LogP contribution in [0.1, 0.15) is 26.2 Å². The van der Waals surface area contributed by atoms with Gasteiger partial charge < -0.3 is 20.6 Å². The third kappa shape index (κ3) is 9.09. The Balaban J connectivity index is 3.47. The summed E-state index contributed by atoms with van der Waals surface area (Å²) < 4.78 is 0. The Hall–Kier alpha value is -0.160. The first-order valence-electron chi connectivity index (χ1n) is 6.10. The van der Waals surface area contributed by atoms with E-state index >= 15 is 0 Å². The maximum Gasteiger partial charge on any atom is 0.0608 e. The van der Waals surface area contributed by atoms with E-state index in [2.05, 4.69) is 30.9 Å². The Labute approximate surface area is 100 Å². The molecule has 1 unspecified atom stereocenters. The van der Waals surface area contributed by atoms with Crippen molar-refractivity contribution in [2.45, 2.75) is 31.7 Å². The molecule has 1 atom stereocenters. The smallest absolute Gasteiger partial charge is 0.0608 e. The van der Waals surface area contributed by atoms with Gasteiger partial charge in [0.25, 0.3) is 0 Å². The Morgan fingerprint density at radius 2 is 1.62 bits per heavy atom. The van der Waals surface area contributed by atoms with Gasteiger partial charge in [-0.25, -0.2) is 0 Å². The first-order valence-corrected chi connectivity index (χ1v) is 6.10. The van der Waals surface area contributed by atoms with Gasteiger partial charge in [0.1, 0.15) is 0 Å². The quantitative estimate of drug-likeness (QED) is 0.601. The van der Waals surface area contributed by atoms with Gasteiger partial charge in [-0.15, -0.1) is 0 Å². The zero-order valence-corrected chi connectivity index (χ0v) is 11.4. The molecule has 0 aromatic carbocycles. The lowest BCUT2D eigenvalue weighted by Crippen LogP contribution is -2.40. The molecule has 0 aliphatic carbocycles. The summed E-state index contributed by atoms with van der Waals surface area (Å²) in [6.07, 6.45) is 3.12. The monoisotopic (exact) mass is 231 g/mol. The molecule has 4 nitrogen and oxygen atoms in total. The van der Waals surface area contributed by atoms with Gasteiger partial charge in [-0.3, -0.25) is 0 Å². The highest BCUT2D eigenvalue weighted by Crippen LogP contribution is 2.08. The summed E-state index contributed by atoms with van der Waals surface area (Å²) in [5.74, 6) is 0. The molecule has 0 saturated heterocycles. The molecule has 0 bridgehead atoms. The van der Waals surface area contributed by atoms with E-state index in [0.29, 0.717) is 0 Å². The van der Waals surface area contributed by atoms with Crippen LogP contribution in [-0.4, -0.2) is 67.8 Å². The summed E-state index contributed by atoms with van der Waals surface area (Å²) >= 11 is 0. The van der Waals surface area contributed by atoms with Crippen molar-refractivity contribution in [3.8, 4) is 0 Å². The van der Waals surface area contributed by atoms with E-state index in [9.17, 15) is 0 Å². The van der Waals surface area contributed by atoms with Crippen LogP contribution in [0.25, 0.3) is 0 Å². The lowest BCUT2D eigenvalue weighted by molar-refractivity contribution is 0.191. The van der Waals surface area contributed by atoms with Crippen molar-refractivity contribution < 1.29 is 5.11 Å². The minimum Gasteiger partial charge on any atom is -0.394 e. The molecule has 0 aliphatic heterocycles. The number of hydrogen-bond donors (Lipinski definition) is 2. The van der Waals surface area contributed by atoms with E-state index in [4.69, 9.17) is 10.8 Å². The fourth-order valence-corrected chi connectivity index (χ4v) is 1.60. The van der Waals surface area contributed by atoms with Gasteiger partial charge in [0.15, 0.2) is 0 Å². The van der Waals surface area contributed by atoms with Gasteiger partial charge in [0.05, 0.1) is 6.61 Å². The van der Waals surface area contributed by atoms with Crippen molar-refractivity contribution in [1.82, 2.24) is 9.80 Å². The number of hydrogen-bond acceptors (Lipinski definition) is 4. The van der Waals surface area contributed by atoms with Crippen LogP contribution in [-0.2, 0) is 0 Å². The Morgan fingerprint density at radius 1 is 1.06 bits per heavy atom. The Bertz CT molecular complexity index is 172. The number of rotatable bonds is 9. The second-order valence-electron chi connectivity index (χ2n) is 5.38. The van der Waals surface area contributed by atoms with Crippen molar-refractivity contribution in [2.24, 2.45) is 5.73 Å². The molecule has 3 N–H and O–H groups in total. The van der Waals surface area contributed by atoms with Crippen molar-refractivity contribution >= 4 is 0 Å². The molecule has 0 aromatic heterocycles. The van der Waals surface area contributed by atoms with Crippen LogP contribution in [0.3, 0.4) is 0 Å². The van der Waals surface area contributed by atoms with E-state index in [1.54, 1.807) is 0 Å². The van der Waals surface area contributed by atoms with Crippen molar-refractivity contribution in [2.75, 3.05) is 47.4 Å². The maximum absolute atomic E-state index is 9.02. The highest BCUT2D eigenvalue weighted by molar-refractivity contribution is 4.77. The van der Waals surface area contributed by atoms with Crippen LogP contribution in [0.5, 0.6) is 0 Å². The van der Waals surface area contributed by atoms with Gasteiger partial charge >= 0.3 is 0 Å². The van der Waals surface area contributed by atoms with E-state index < -0.39 is 5.54 Å². The molecule has 0 aliphatic rings. The third-order valence-electron chi connectivity index (χ3n) is 2.79. The van der Waals surface area contributed by atoms with Gasteiger partial charge in [0.2, 0.25) is 0 Å². The van der Waals surface area contributed by atoms with E-state index in [1.165, 1.54) is 6.42 Å². The highest BCUT2D eigenvalue weighted by atomic mass is 16.3. The summed E-state index contributed by atoms with van der Waals surface area (Å²) in [6, 6.07) is 0. The van der Waals surface area contributed by atoms with Crippen LogP contribution in [0.2, 0.25) is 0 Å². The van der Waals surface area contributed by atoms with Crippen molar-refractivity contribution in [3.05, 3.63) is 0 Å². The average molecular weight is 231 g/mol. The lowest BCUT2D eigenvalue weighted by Gasteiger charge is -2.23. The predicted molar refractivity (Wildman–Crippen MR) is 69.6 cm³/mol. The molecule has 0 saturated carbocycles. The Morgan fingerprint density at radius 3 is 2.12 bits per heavy atom. The van der Waals surface area contributed by atoms with Crippen LogP contribution >= 0.6 is 0 Å². The maximum atomic E-state index is 9.02. The van der Waals surface area contributed by atoms with Gasteiger partial charge in [-0.2, -0.15) is 0 Å². The zero-order chi connectivity index (χ0) is 12.6. The highest BCUT2D eigenvalue weighted by Gasteiger charge is 2.16. The normalized spacial score (nSPS) is 15.8. The zero-order valence-electron chi connectivity index (χ0n) is 11.4. The van der Waals surface area contributed by atoms with Crippen LogP contribution < -0.4 is 5.73 Å². The number of nitrogens with zero attached hydrogens (tertiary/aromatic N) is 2. The van der Waals surface area contributed by atoms with E-state index in [1.807, 2.05) is 6.92 Å². The summed E-state index contributed by atoms with van der Waals surface area (Å²) in [6.45, 7) is 5.28. The first kappa shape index (κ1) is 15.8. The number of aliphatic hydroxyl groups excluding tert-OH is 1. The third-order valence-corrected chi connectivity index (χ3v) is 2.79. The number of aliphatic hydroxyl groups is 1. The summed E-state index contributed by atoms with van der Waals surface area (Å²) in [5.41, 5.74) is 5.45. The summed E-state index contributed by atoms with van der Waals surface area (Å²) in [5, 5.41) is 9.02. The van der Waals surface area contributed by atoms with Crippen LogP contribution in [0.15, 0.2) is 0 Å². The molecular formula is C12H29N3O. The molecule has 0 fully saturated rings. The SMILES string of the molecule is CN(C)CCCN(C)CCCC(C)(N)CO. The first-order chi connectivity index (χ1) is 7.37. The van der Waals surface area contributed by atoms with Crippen molar-refractivity contribution in [1.29, 1.82) is 0 Å². The fourth-order valence-electron chi connectivity index (χ4n) is 1.60. The largest absolute Gasteiger partial charge is 0.394 e. The minimum absolute atomic E-state index is 0.0668. The van der Waals surface area contributed by atoms with Crippen LogP contribution in [0.4, 0.5) is 0 Å². The predicted octanol–water partition coefficient (Wildman–Crippen LogP) is 0.360. The standard InChI is InChI=1S/C12H29N3O/c1-12(13,11-16)7-5-9-15(4)10-6-8-14(2)3/h16H,5-11,13H2,1-4H3. The van der Waals surface area contributed by atoms with Crippen LogP contribution in [0, 0.1) is 0 Å². The van der Waals surface area contributed by atoms with Gasteiger partial charge in [-0.05, 0) is 67.0 Å². The fraction of sp³-hybridized carbons (Fsp3) is 1.00. The van der Waals surface area contributed by atoms with Gasteiger partial charge in [0, 0.05) is 5.54 Å². The molecule has 4 heteroatoms. The molecular weight excluding hydrogens is 202 g/mol. The summed E-state index contributed by atoms with van der Waals surface area (Å²) in [7, 11) is 6.34. The topological polar surface area (TPSA) is 52.7 Å². The van der Waals surface area contributed by atoms with E-state index in [-0.39, 0.29) is 6.61 Å². The molecule has 0 amide bonds. The molecule has 0 heterocycles. The summed E-state index contributed by atoms with van der Waals surface area (Å²) in [4.78, 5) is 4.54. The van der Waals surface area contributed by atoms with Gasteiger partial charge in [-0.1, -0.05) is 0 Å². The Kier molecular flexibility index (Phi) is 7.93. The average Bonchev–Trinajstić information content (AvgIpc) is 2.17. The second kappa shape index (κ2) is 8.01. The second-order valence-corrected chi connectivity index (χ2v) is 5.38. The molecule has 98 valence electrons. The minimum atomic E-state index is -0.412. The lowest BCUT2D eigenvalue weighted by atomic mass is 9.98.